The van der Waals surface area contributed by atoms with Gasteiger partial charge in [-0.1, -0.05) is 11.6 Å². The molecule has 88 valence electrons. The van der Waals surface area contributed by atoms with Gasteiger partial charge in [0.2, 0.25) is 0 Å². The largest absolute Gasteiger partial charge is 0.467 e. The van der Waals surface area contributed by atoms with Crippen LogP contribution in [0.3, 0.4) is 0 Å². The van der Waals surface area contributed by atoms with Gasteiger partial charge >= 0.3 is 5.97 Å². The Morgan fingerprint density at radius 2 is 2.62 bits per heavy atom. The maximum Gasteiger partial charge on any atom is 0.330 e. The van der Waals surface area contributed by atoms with E-state index >= 15 is 0 Å². The number of ether oxygens (including phenoxy) is 2. The number of aromatic nitrogens is 1. The topological polar surface area (TPSA) is 51.7 Å². The fourth-order valence-corrected chi connectivity index (χ4v) is 2.57. The van der Waals surface area contributed by atoms with Gasteiger partial charge in [-0.05, 0) is 0 Å². The highest BCUT2D eigenvalue weighted by Gasteiger charge is 2.31. The van der Waals surface area contributed by atoms with Gasteiger partial charge < -0.3 is 14.4 Å². The van der Waals surface area contributed by atoms with Gasteiger partial charge in [0, 0.05) is 11.9 Å². The number of morpholine rings is 1. The van der Waals surface area contributed by atoms with E-state index in [0.717, 1.165) is 5.13 Å². The van der Waals surface area contributed by atoms with Crippen LogP contribution in [-0.4, -0.2) is 43.9 Å². The molecule has 5 nitrogen and oxygen atoms in total. The van der Waals surface area contributed by atoms with Crippen LogP contribution in [0.2, 0.25) is 5.15 Å². The van der Waals surface area contributed by atoms with E-state index < -0.39 is 6.04 Å². The zero-order chi connectivity index (χ0) is 11.5. The summed E-state index contributed by atoms with van der Waals surface area (Å²) < 4.78 is 10.00. The smallest absolute Gasteiger partial charge is 0.330 e. The number of carbonyl (C=O) groups is 1. The van der Waals surface area contributed by atoms with Crippen molar-refractivity contribution in [3.8, 4) is 0 Å². The number of esters is 1. The maximum atomic E-state index is 11.6. The number of halogens is 1. The van der Waals surface area contributed by atoms with Gasteiger partial charge in [-0.3, -0.25) is 0 Å². The average molecular weight is 263 g/mol. The highest BCUT2D eigenvalue weighted by atomic mass is 35.5. The Kier molecular flexibility index (Phi) is 3.63. The molecular formula is C9H11ClN2O3S. The quantitative estimate of drug-likeness (QED) is 0.749. The molecule has 0 saturated carbocycles. The summed E-state index contributed by atoms with van der Waals surface area (Å²) in [5.41, 5.74) is 0. The molecule has 0 amide bonds. The fraction of sp³-hybridized carbons (Fsp3) is 0.556. The van der Waals surface area contributed by atoms with E-state index in [1.165, 1.54) is 18.4 Å². The van der Waals surface area contributed by atoms with Gasteiger partial charge in [0.15, 0.2) is 11.2 Å². The first-order valence-electron chi connectivity index (χ1n) is 4.75. The summed E-state index contributed by atoms with van der Waals surface area (Å²) in [5, 5.41) is 2.90. The van der Waals surface area contributed by atoms with Crippen molar-refractivity contribution < 1.29 is 14.3 Å². The normalized spacial score (nSPS) is 20.9. The van der Waals surface area contributed by atoms with E-state index in [1.807, 2.05) is 4.90 Å². The van der Waals surface area contributed by atoms with Gasteiger partial charge in [0.05, 0.1) is 20.3 Å². The highest BCUT2D eigenvalue weighted by Crippen LogP contribution is 2.26. The van der Waals surface area contributed by atoms with E-state index in [-0.39, 0.29) is 5.97 Å². The van der Waals surface area contributed by atoms with E-state index in [0.29, 0.717) is 24.9 Å². The molecule has 0 bridgehead atoms. The molecule has 2 heterocycles. The first-order chi connectivity index (χ1) is 7.72. The molecule has 16 heavy (non-hydrogen) atoms. The second kappa shape index (κ2) is 4.99. The van der Waals surface area contributed by atoms with Crippen LogP contribution in [0.15, 0.2) is 5.38 Å². The standard InChI is InChI=1S/C9H11ClN2O3S/c1-14-8(13)6-4-15-3-2-12(6)9-11-7(10)5-16-9/h5-6H,2-4H2,1H3. The van der Waals surface area contributed by atoms with Crippen LogP contribution in [-0.2, 0) is 14.3 Å². The zero-order valence-electron chi connectivity index (χ0n) is 8.68. The van der Waals surface area contributed by atoms with Gasteiger partial charge in [-0.15, -0.1) is 11.3 Å². The SMILES string of the molecule is COC(=O)C1COCCN1c1nc(Cl)cs1. The van der Waals surface area contributed by atoms with E-state index in [1.54, 1.807) is 5.38 Å². The van der Waals surface area contributed by atoms with Crippen molar-refractivity contribution in [2.24, 2.45) is 0 Å². The van der Waals surface area contributed by atoms with Crippen molar-refractivity contribution in [3.05, 3.63) is 10.5 Å². The Hall–Kier alpha value is -0.850. The van der Waals surface area contributed by atoms with Gasteiger partial charge in [-0.25, -0.2) is 9.78 Å². The van der Waals surface area contributed by atoms with E-state index in [2.05, 4.69) is 4.98 Å². The van der Waals surface area contributed by atoms with Crippen molar-refractivity contribution in [3.63, 3.8) is 0 Å². The number of carbonyl (C=O) groups excluding carboxylic acids is 1. The van der Waals surface area contributed by atoms with Crippen LogP contribution in [0.5, 0.6) is 0 Å². The molecule has 7 heteroatoms. The molecule has 1 aliphatic heterocycles. The molecule has 1 aromatic heterocycles. The van der Waals surface area contributed by atoms with Crippen LogP contribution in [0.1, 0.15) is 0 Å². The molecule has 1 fully saturated rings. The van der Waals surface area contributed by atoms with Crippen LogP contribution in [0, 0.1) is 0 Å². The third-order valence-electron chi connectivity index (χ3n) is 2.31. The lowest BCUT2D eigenvalue weighted by Gasteiger charge is -2.33. The predicted molar refractivity (Wildman–Crippen MR) is 61.1 cm³/mol. The van der Waals surface area contributed by atoms with E-state index in [4.69, 9.17) is 21.1 Å². The minimum Gasteiger partial charge on any atom is -0.467 e. The molecule has 1 aromatic rings. The molecule has 0 radical (unpaired) electrons. The minimum absolute atomic E-state index is 0.314. The molecule has 1 saturated heterocycles. The number of thiazole rings is 1. The number of methoxy groups -OCH3 is 1. The number of anilines is 1. The van der Waals surface area contributed by atoms with Crippen molar-refractivity contribution in [2.75, 3.05) is 31.8 Å². The number of rotatable bonds is 2. The Balaban J connectivity index is 2.19. The summed E-state index contributed by atoms with van der Waals surface area (Å²) in [4.78, 5) is 17.6. The summed E-state index contributed by atoms with van der Waals surface area (Å²) >= 11 is 7.17. The highest BCUT2D eigenvalue weighted by molar-refractivity contribution is 7.14. The molecule has 0 spiro atoms. The summed E-state index contributed by atoms with van der Waals surface area (Å²) in [5.74, 6) is -0.314. The van der Waals surface area contributed by atoms with Crippen molar-refractivity contribution in [2.45, 2.75) is 6.04 Å². The van der Waals surface area contributed by atoms with Crippen LogP contribution >= 0.6 is 22.9 Å². The van der Waals surface area contributed by atoms with Crippen LogP contribution < -0.4 is 4.90 Å². The van der Waals surface area contributed by atoms with Gasteiger partial charge in [0.25, 0.3) is 0 Å². The van der Waals surface area contributed by atoms with Crippen molar-refractivity contribution in [1.29, 1.82) is 0 Å². The number of nitrogens with zero attached hydrogens (tertiary/aromatic N) is 2. The van der Waals surface area contributed by atoms with Gasteiger partial charge in [-0.2, -0.15) is 0 Å². The second-order valence-corrected chi connectivity index (χ2v) is 4.48. The Labute approximate surface area is 102 Å². The third kappa shape index (κ3) is 2.28. The molecule has 2 rings (SSSR count). The van der Waals surface area contributed by atoms with E-state index in [9.17, 15) is 4.79 Å². The molecule has 1 unspecified atom stereocenters. The average Bonchev–Trinajstić information content (AvgIpc) is 2.75. The van der Waals surface area contributed by atoms with Gasteiger partial charge in [0.1, 0.15) is 5.15 Å². The third-order valence-corrected chi connectivity index (χ3v) is 3.51. The molecule has 0 aliphatic carbocycles. The first-order valence-corrected chi connectivity index (χ1v) is 6.01. The van der Waals surface area contributed by atoms with Crippen LogP contribution in [0.4, 0.5) is 5.13 Å². The second-order valence-electron chi connectivity index (χ2n) is 3.26. The first kappa shape index (κ1) is 11.6. The zero-order valence-corrected chi connectivity index (χ0v) is 10.3. The molecule has 0 aromatic carbocycles. The Bertz CT molecular complexity index is 385. The van der Waals surface area contributed by atoms with Crippen molar-refractivity contribution in [1.82, 2.24) is 4.98 Å². The maximum absolute atomic E-state index is 11.6. The Morgan fingerprint density at radius 1 is 1.81 bits per heavy atom. The van der Waals surface area contributed by atoms with Crippen LogP contribution in [0.25, 0.3) is 0 Å². The predicted octanol–water partition coefficient (Wildman–Crippen LogP) is 1.17. The summed E-state index contributed by atoms with van der Waals surface area (Å²) in [6.07, 6.45) is 0. The molecule has 1 aliphatic rings. The number of hydrogen-bond donors (Lipinski definition) is 0. The Morgan fingerprint density at radius 3 is 3.25 bits per heavy atom. The lowest BCUT2D eigenvalue weighted by Crippen LogP contribution is -2.50. The number of hydrogen-bond acceptors (Lipinski definition) is 6. The summed E-state index contributed by atoms with van der Waals surface area (Å²) in [6.45, 7) is 1.51. The lowest BCUT2D eigenvalue weighted by atomic mass is 10.2. The summed E-state index contributed by atoms with van der Waals surface area (Å²) in [7, 11) is 1.37. The minimum atomic E-state index is -0.430. The molecule has 0 N–H and O–H groups in total. The molecular weight excluding hydrogens is 252 g/mol. The lowest BCUT2D eigenvalue weighted by molar-refractivity contribution is -0.144. The summed E-state index contributed by atoms with van der Waals surface area (Å²) in [6, 6.07) is -0.430. The van der Waals surface area contributed by atoms with Crippen molar-refractivity contribution >= 4 is 34.0 Å². The monoisotopic (exact) mass is 262 g/mol. The fourth-order valence-electron chi connectivity index (χ4n) is 1.54. The molecule has 1 atom stereocenters.